The van der Waals surface area contributed by atoms with Crippen LogP contribution in [-0.4, -0.2) is 60.0 Å². The first-order valence-corrected chi connectivity index (χ1v) is 18.3. The molecule has 0 aliphatic carbocycles. The van der Waals surface area contributed by atoms with Crippen molar-refractivity contribution in [1.82, 2.24) is 9.24 Å². The molecule has 10 nitrogen and oxygen atoms in total. The van der Waals surface area contributed by atoms with Crippen LogP contribution in [0, 0.1) is 11.3 Å². The summed E-state index contributed by atoms with van der Waals surface area (Å²) in [5.41, 5.74) is 1.91. The molecule has 0 aliphatic heterocycles. The minimum atomic E-state index is -1.63. The third kappa shape index (κ3) is 9.76. The van der Waals surface area contributed by atoms with E-state index in [-0.39, 0.29) is 43.2 Å². The number of benzene rings is 3. The lowest BCUT2D eigenvalue weighted by Crippen LogP contribution is -2.38. The Bertz CT molecular complexity index is 1700. The number of aromatic nitrogens is 1. The highest BCUT2D eigenvalue weighted by molar-refractivity contribution is 7.44. The number of aromatic hydroxyl groups is 1. The summed E-state index contributed by atoms with van der Waals surface area (Å²) in [7, 11) is 3.19. The second-order valence-corrected chi connectivity index (χ2v) is 14.1. The Morgan fingerprint density at radius 2 is 1.39 bits per heavy atom. The van der Waals surface area contributed by atoms with Crippen molar-refractivity contribution in [1.29, 1.82) is 5.26 Å². The Labute approximate surface area is 303 Å². The smallest absolute Gasteiger partial charge is 0.259 e. The molecule has 0 fully saturated rings. The minimum Gasteiger partial charge on any atom is -0.497 e. The van der Waals surface area contributed by atoms with Gasteiger partial charge in [0.15, 0.2) is 5.88 Å². The van der Waals surface area contributed by atoms with Crippen molar-refractivity contribution in [3.05, 3.63) is 124 Å². The second-order valence-electron chi connectivity index (χ2n) is 12.7. The maximum Gasteiger partial charge on any atom is 0.259 e. The number of pyridine rings is 1. The molecule has 0 saturated carbocycles. The molecule has 51 heavy (non-hydrogen) atoms. The van der Waals surface area contributed by atoms with E-state index < -0.39 is 20.2 Å². The summed E-state index contributed by atoms with van der Waals surface area (Å²) in [4.78, 5) is 12.2. The van der Waals surface area contributed by atoms with Crippen LogP contribution in [0.3, 0.4) is 0 Å². The van der Waals surface area contributed by atoms with Gasteiger partial charge in [0.05, 0.1) is 46.0 Å². The van der Waals surface area contributed by atoms with Crippen LogP contribution in [0.2, 0.25) is 0 Å². The van der Waals surface area contributed by atoms with E-state index in [2.05, 4.69) is 38.4 Å². The molecule has 11 heteroatoms. The van der Waals surface area contributed by atoms with E-state index in [1.165, 1.54) is 10.6 Å². The van der Waals surface area contributed by atoms with E-state index in [4.69, 9.17) is 23.3 Å². The highest BCUT2D eigenvalue weighted by Gasteiger charge is 2.39. The number of rotatable bonds is 19. The Balaban J connectivity index is 1.83. The molecule has 0 aliphatic rings. The van der Waals surface area contributed by atoms with Gasteiger partial charge in [-0.1, -0.05) is 54.6 Å². The van der Waals surface area contributed by atoms with Crippen molar-refractivity contribution in [3.63, 3.8) is 0 Å². The quantitative estimate of drug-likeness (QED) is 0.0592. The predicted octanol–water partition coefficient (Wildman–Crippen LogP) is 7.71. The van der Waals surface area contributed by atoms with Crippen LogP contribution in [0.4, 0.5) is 0 Å². The molecule has 2 atom stereocenters. The van der Waals surface area contributed by atoms with Gasteiger partial charge in [-0.15, -0.1) is 0 Å². The zero-order valence-corrected chi connectivity index (χ0v) is 31.5. The third-order valence-electron chi connectivity index (χ3n) is 8.66. The fourth-order valence-electron chi connectivity index (χ4n) is 6.07. The molecule has 0 radical (unpaired) electrons. The van der Waals surface area contributed by atoms with Crippen molar-refractivity contribution >= 4 is 8.53 Å². The van der Waals surface area contributed by atoms with E-state index in [1.807, 2.05) is 78.9 Å². The predicted molar refractivity (Wildman–Crippen MR) is 200 cm³/mol. The van der Waals surface area contributed by atoms with Gasteiger partial charge in [0.2, 0.25) is 0 Å². The molecule has 272 valence electrons. The highest BCUT2D eigenvalue weighted by atomic mass is 31.2. The molecule has 0 saturated heterocycles. The van der Waals surface area contributed by atoms with E-state index in [0.717, 1.165) is 28.2 Å². The van der Waals surface area contributed by atoms with Gasteiger partial charge in [0, 0.05) is 30.8 Å². The maximum atomic E-state index is 12.2. The lowest BCUT2D eigenvalue weighted by molar-refractivity contribution is -0.0361. The number of nitriles is 1. The number of ether oxygens (including phenoxy) is 3. The van der Waals surface area contributed by atoms with Gasteiger partial charge in [-0.05, 0) is 87.6 Å². The van der Waals surface area contributed by atoms with Crippen LogP contribution in [0.15, 0.2) is 95.8 Å². The molecule has 1 heterocycles. The Kier molecular flexibility index (Phi) is 14.6. The summed E-state index contributed by atoms with van der Waals surface area (Å²) < 4.78 is 34.9. The van der Waals surface area contributed by atoms with E-state index in [9.17, 15) is 15.2 Å². The first-order valence-electron chi connectivity index (χ1n) is 17.2. The van der Waals surface area contributed by atoms with Crippen LogP contribution in [-0.2, 0) is 32.9 Å². The van der Waals surface area contributed by atoms with E-state index >= 15 is 0 Å². The average Bonchev–Trinajstić information content (AvgIpc) is 3.14. The first-order chi connectivity index (χ1) is 24.5. The molecule has 1 aromatic heterocycles. The second kappa shape index (κ2) is 18.8. The van der Waals surface area contributed by atoms with Crippen molar-refractivity contribution in [2.75, 3.05) is 27.4 Å². The summed E-state index contributed by atoms with van der Waals surface area (Å²) in [6, 6.07) is 31.2. The Morgan fingerprint density at radius 3 is 1.90 bits per heavy atom. The van der Waals surface area contributed by atoms with Crippen LogP contribution in [0.5, 0.6) is 17.4 Å². The molecule has 4 aromatic rings. The highest BCUT2D eigenvalue weighted by Crippen LogP contribution is 2.48. The maximum absolute atomic E-state index is 12.2. The molecule has 4 rings (SSSR count). The van der Waals surface area contributed by atoms with Crippen LogP contribution in [0.25, 0.3) is 0 Å². The molecule has 0 amide bonds. The Hall–Kier alpha value is -4.23. The number of nitrogens with zero attached hydrogens (tertiary/aromatic N) is 3. The van der Waals surface area contributed by atoms with E-state index in [1.54, 1.807) is 27.3 Å². The van der Waals surface area contributed by atoms with Gasteiger partial charge in [-0.25, -0.2) is 4.67 Å². The zero-order chi connectivity index (χ0) is 37.0. The van der Waals surface area contributed by atoms with E-state index in [0.29, 0.717) is 18.4 Å². The normalized spacial score (nSPS) is 13.0. The van der Waals surface area contributed by atoms with Crippen LogP contribution < -0.4 is 15.0 Å². The molecule has 1 N–H and O–H groups in total. The van der Waals surface area contributed by atoms with Gasteiger partial charge in [0.25, 0.3) is 14.1 Å². The van der Waals surface area contributed by atoms with Crippen LogP contribution >= 0.6 is 8.53 Å². The number of hydrogen-bond acceptors (Lipinski definition) is 9. The summed E-state index contributed by atoms with van der Waals surface area (Å²) in [5, 5.41) is 20.2. The zero-order valence-electron chi connectivity index (χ0n) is 30.6. The number of aryl methyl sites for hydroxylation is 1. The van der Waals surface area contributed by atoms with Gasteiger partial charge < -0.3 is 28.4 Å². The number of hydrogen-bond donors (Lipinski definition) is 1. The molecular formula is C40H50N3O7P. The SMILES string of the molecule is COc1ccc(C(OCC(CCc2ccc(=O)n(C)c2O)OP(OCCC#N)N(C(C)C)C(C)C)(c2ccccc2)c2ccc(OC)cc2)cc1. The lowest BCUT2D eigenvalue weighted by atomic mass is 9.80. The average molecular weight is 716 g/mol. The van der Waals surface area contributed by atoms with Crippen molar-refractivity contribution in [2.24, 2.45) is 7.05 Å². The van der Waals surface area contributed by atoms with Gasteiger partial charge >= 0.3 is 0 Å². The molecule has 2 unspecified atom stereocenters. The van der Waals surface area contributed by atoms with Crippen LogP contribution in [0.1, 0.15) is 62.8 Å². The van der Waals surface area contributed by atoms with Gasteiger partial charge in [-0.2, -0.15) is 5.26 Å². The first kappa shape index (κ1) is 39.6. The summed E-state index contributed by atoms with van der Waals surface area (Å²) in [5.74, 6) is 1.35. The van der Waals surface area contributed by atoms with Gasteiger partial charge in [0.1, 0.15) is 17.1 Å². The van der Waals surface area contributed by atoms with Gasteiger partial charge in [-0.3, -0.25) is 9.36 Å². The largest absolute Gasteiger partial charge is 0.497 e. The van der Waals surface area contributed by atoms with Crippen molar-refractivity contribution < 1.29 is 28.4 Å². The third-order valence-corrected chi connectivity index (χ3v) is 10.8. The monoisotopic (exact) mass is 715 g/mol. The fourth-order valence-corrected chi connectivity index (χ4v) is 7.80. The summed E-state index contributed by atoms with van der Waals surface area (Å²) >= 11 is 0. The molecule has 0 bridgehead atoms. The lowest BCUT2D eigenvalue weighted by Gasteiger charge is -2.39. The molecular weight excluding hydrogens is 665 g/mol. The fraction of sp³-hybridized carbons (Fsp3) is 0.400. The minimum absolute atomic E-state index is 0.0872. The Morgan fingerprint density at radius 1 is 0.843 bits per heavy atom. The molecule has 0 spiro atoms. The standard InChI is InChI=1S/C40H50N3O7P/c1-29(2)43(30(3)4)51(49-27-11-26-41)50-37(20-14-31-15-25-38(44)42(5)39(31)45)28-48-40(32-12-9-8-10-13-32,33-16-21-35(46-6)22-17-33)34-18-23-36(47-7)24-19-34/h8-10,12-13,15-19,21-25,29-30,37,45H,11,14,20,27-28H2,1-7H3. The summed E-state index contributed by atoms with van der Waals surface area (Å²) in [6.07, 6.45) is 0.536. The topological polar surface area (TPSA) is 115 Å². The number of methoxy groups -OCH3 is 2. The van der Waals surface area contributed by atoms with Crippen molar-refractivity contribution in [2.45, 2.75) is 70.7 Å². The molecule has 3 aromatic carbocycles. The summed E-state index contributed by atoms with van der Waals surface area (Å²) in [6.45, 7) is 8.72. The van der Waals surface area contributed by atoms with Crippen molar-refractivity contribution in [3.8, 4) is 23.4 Å².